The minimum Gasteiger partial charge on any atom is -0.323 e. The van der Waals surface area contributed by atoms with E-state index in [4.69, 9.17) is 12.2 Å². The van der Waals surface area contributed by atoms with Gasteiger partial charge in [0.05, 0.1) is 18.6 Å². The Bertz CT molecular complexity index is 267. The number of rotatable bonds is 2. The average Bonchev–Trinajstić information content (AvgIpc) is 2.36. The molecule has 0 spiro atoms. The van der Waals surface area contributed by atoms with Gasteiger partial charge in [-0.3, -0.25) is 0 Å². The second kappa shape index (κ2) is 3.22. The molecule has 58 valence electrons. The van der Waals surface area contributed by atoms with E-state index in [1.54, 1.807) is 12.5 Å². The van der Waals surface area contributed by atoms with Gasteiger partial charge in [-0.05, 0) is 6.92 Å². The second-order valence-corrected chi connectivity index (χ2v) is 2.44. The van der Waals surface area contributed by atoms with Gasteiger partial charge in [0.25, 0.3) is 0 Å². The highest BCUT2D eigenvalue weighted by Gasteiger charge is 2.04. The van der Waals surface area contributed by atoms with Gasteiger partial charge in [-0.2, -0.15) is 0 Å². The van der Waals surface area contributed by atoms with Crippen molar-refractivity contribution in [2.45, 2.75) is 19.5 Å². The maximum Gasteiger partial charge on any atom is 0.0957 e. The first-order chi connectivity index (χ1) is 5.25. The van der Waals surface area contributed by atoms with Crippen LogP contribution in [0.15, 0.2) is 12.5 Å². The number of imidazole rings is 1. The topological polar surface area (TPSA) is 43.8 Å². The Hall–Kier alpha value is -1.27. The normalized spacial score (nSPS) is 12.5. The summed E-state index contributed by atoms with van der Waals surface area (Å²) in [6, 6.07) is -0.00847. The van der Waals surface area contributed by atoms with Crippen LogP contribution in [0.1, 0.15) is 18.7 Å². The molecule has 0 fully saturated rings. The second-order valence-electron chi connectivity index (χ2n) is 2.44. The molecule has 0 unspecified atom stereocenters. The van der Waals surface area contributed by atoms with Crippen molar-refractivity contribution in [3.63, 3.8) is 0 Å². The zero-order valence-corrected chi connectivity index (χ0v) is 6.49. The van der Waals surface area contributed by atoms with Gasteiger partial charge in [-0.15, -0.1) is 6.42 Å². The van der Waals surface area contributed by atoms with Crippen LogP contribution in [0.5, 0.6) is 0 Å². The molecule has 1 atom stereocenters. The molecule has 0 saturated carbocycles. The van der Waals surface area contributed by atoms with Crippen molar-refractivity contribution < 1.29 is 0 Å². The Morgan fingerprint density at radius 2 is 2.64 bits per heavy atom. The molecule has 0 saturated heterocycles. The van der Waals surface area contributed by atoms with Gasteiger partial charge < -0.3 is 10.3 Å². The Labute approximate surface area is 66.2 Å². The predicted octanol–water partition coefficient (Wildman–Crippen LogP) is 0.536. The van der Waals surface area contributed by atoms with Crippen LogP contribution in [0, 0.1) is 12.3 Å². The summed E-state index contributed by atoms with van der Waals surface area (Å²) < 4.78 is 1.87. The Kier molecular flexibility index (Phi) is 2.29. The quantitative estimate of drug-likeness (QED) is 0.623. The van der Waals surface area contributed by atoms with E-state index < -0.39 is 0 Å². The highest BCUT2D eigenvalue weighted by Crippen LogP contribution is 2.07. The zero-order chi connectivity index (χ0) is 8.27. The van der Waals surface area contributed by atoms with Crippen molar-refractivity contribution in [1.29, 1.82) is 0 Å². The minimum absolute atomic E-state index is 0.00847. The molecule has 0 aliphatic carbocycles. The molecule has 2 N–H and O–H groups in total. The van der Waals surface area contributed by atoms with Gasteiger partial charge in [0.15, 0.2) is 0 Å². The summed E-state index contributed by atoms with van der Waals surface area (Å²) in [6.45, 7) is 2.45. The van der Waals surface area contributed by atoms with Crippen LogP contribution in [0.4, 0.5) is 0 Å². The van der Waals surface area contributed by atoms with Crippen LogP contribution >= 0.6 is 0 Å². The highest BCUT2D eigenvalue weighted by molar-refractivity contribution is 5.05. The number of terminal acetylenes is 1. The maximum atomic E-state index is 5.66. The van der Waals surface area contributed by atoms with Gasteiger partial charge in [0.2, 0.25) is 0 Å². The fourth-order valence-electron chi connectivity index (χ4n) is 0.941. The predicted molar refractivity (Wildman–Crippen MR) is 43.7 cm³/mol. The number of aromatic nitrogens is 2. The molecule has 1 rings (SSSR count). The van der Waals surface area contributed by atoms with Gasteiger partial charge >= 0.3 is 0 Å². The molecular formula is C8H11N3. The number of nitrogens with zero attached hydrogens (tertiary/aromatic N) is 2. The third-order valence-electron chi connectivity index (χ3n) is 1.47. The standard InChI is InChI=1S/C8H11N3/c1-3-4-11-6-10-5-8(11)7(2)9/h1,5-7H,4,9H2,2H3/t7-/m1/s1. The van der Waals surface area contributed by atoms with E-state index in [1.807, 2.05) is 11.5 Å². The van der Waals surface area contributed by atoms with Crippen LogP contribution in [0.3, 0.4) is 0 Å². The Balaban J connectivity index is 2.89. The van der Waals surface area contributed by atoms with E-state index >= 15 is 0 Å². The molecule has 0 bridgehead atoms. The monoisotopic (exact) mass is 149 g/mol. The molecular weight excluding hydrogens is 138 g/mol. The third-order valence-corrected chi connectivity index (χ3v) is 1.47. The molecule has 0 aliphatic rings. The SMILES string of the molecule is C#CCn1cncc1[C@@H](C)N. The molecule has 3 nitrogen and oxygen atoms in total. The summed E-state index contributed by atoms with van der Waals surface area (Å²) in [6.07, 6.45) is 8.58. The molecule has 0 aliphatic heterocycles. The van der Waals surface area contributed by atoms with Crippen molar-refractivity contribution in [2.75, 3.05) is 0 Å². The number of hydrogen-bond donors (Lipinski definition) is 1. The highest BCUT2D eigenvalue weighted by atomic mass is 15.1. The smallest absolute Gasteiger partial charge is 0.0957 e. The van der Waals surface area contributed by atoms with E-state index in [0.29, 0.717) is 6.54 Å². The lowest BCUT2D eigenvalue weighted by Crippen LogP contribution is -2.11. The molecule has 1 aromatic heterocycles. The lowest BCUT2D eigenvalue weighted by Gasteiger charge is -2.06. The lowest BCUT2D eigenvalue weighted by atomic mass is 10.3. The van der Waals surface area contributed by atoms with E-state index in [-0.39, 0.29) is 6.04 Å². The first kappa shape index (κ1) is 7.83. The average molecular weight is 149 g/mol. The third kappa shape index (κ3) is 1.60. The van der Waals surface area contributed by atoms with Crippen molar-refractivity contribution in [1.82, 2.24) is 9.55 Å². The molecule has 1 aromatic rings. The largest absolute Gasteiger partial charge is 0.323 e. The van der Waals surface area contributed by atoms with Crippen LogP contribution in [0.25, 0.3) is 0 Å². The number of hydrogen-bond acceptors (Lipinski definition) is 2. The van der Waals surface area contributed by atoms with Crippen LogP contribution in [-0.2, 0) is 6.54 Å². The van der Waals surface area contributed by atoms with Crippen molar-refractivity contribution >= 4 is 0 Å². The van der Waals surface area contributed by atoms with Crippen LogP contribution in [0.2, 0.25) is 0 Å². The number of nitrogens with two attached hydrogens (primary N) is 1. The van der Waals surface area contributed by atoms with Crippen molar-refractivity contribution in [3.05, 3.63) is 18.2 Å². The summed E-state index contributed by atoms with van der Waals surface area (Å²) in [5, 5.41) is 0. The van der Waals surface area contributed by atoms with Gasteiger partial charge in [0, 0.05) is 12.2 Å². The summed E-state index contributed by atoms with van der Waals surface area (Å²) in [5.41, 5.74) is 6.63. The van der Waals surface area contributed by atoms with Gasteiger partial charge in [0.1, 0.15) is 0 Å². The zero-order valence-electron chi connectivity index (χ0n) is 6.49. The maximum absolute atomic E-state index is 5.66. The van der Waals surface area contributed by atoms with Gasteiger partial charge in [-0.1, -0.05) is 5.92 Å². The molecule has 0 radical (unpaired) electrons. The lowest BCUT2D eigenvalue weighted by molar-refractivity contribution is 0.690. The fourth-order valence-corrected chi connectivity index (χ4v) is 0.941. The molecule has 1 heterocycles. The summed E-state index contributed by atoms with van der Waals surface area (Å²) in [7, 11) is 0. The molecule has 11 heavy (non-hydrogen) atoms. The fraction of sp³-hybridized carbons (Fsp3) is 0.375. The molecule has 0 aromatic carbocycles. The Morgan fingerprint density at radius 1 is 1.91 bits per heavy atom. The van der Waals surface area contributed by atoms with Crippen LogP contribution < -0.4 is 5.73 Å². The van der Waals surface area contributed by atoms with E-state index in [1.165, 1.54) is 0 Å². The van der Waals surface area contributed by atoms with Crippen molar-refractivity contribution in [3.8, 4) is 12.3 Å². The first-order valence-electron chi connectivity index (χ1n) is 3.44. The van der Waals surface area contributed by atoms with Gasteiger partial charge in [-0.25, -0.2) is 4.98 Å². The van der Waals surface area contributed by atoms with E-state index in [2.05, 4.69) is 10.9 Å². The summed E-state index contributed by atoms with van der Waals surface area (Å²) >= 11 is 0. The summed E-state index contributed by atoms with van der Waals surface area (Å²) in [5.74, 6) is 2.53. The summed E-state index contributed by atoms with van der Waals surface area (Å²) in [4.78, 5) is 3.95. The van der Waals surface area contributed by atoms with E-state index in [9.17, 15) is 0 Å². The minimum atomic E-state index is -0.00847. The van der Waals surface area contributed by atoms with E-state index in [0.717, 1.165) is 5.69 Å². The molecule has 3 heteroatoms. The van der Waals surface area contributed by atoms with Crippen molar-refractivity contribution in [2.24, 2.45) is 5.73 Å². The first-order valence-corrected chi connectivity index (χ1v) is 3.44. The Morgan fingerprint density at radius 3 is 3.18 bits per heavy atom. The molecule has 0 amide bonds. The van der Waals surface area contributed by atoms with Crippen LogP contribution in [-0.4, -0.2) is 9.55 Å².